The van der Waals surface area contributed by atoms with E-state index in [1.165, 1.54) is 19.2 Å². The predicted octanol–water partition coefficient (Wildman–Crippen LogP) is 2.59. The second kappa shape index (κ2) is 2.48. The first-order valence-electron chi connectivity index (χ1n) is 4.69. The van der Waals surface area contributed by atoms with Crippen LogP contribution in [0.15, 0.2) is 18.6 Å². The van der Waals surface area contributed by atoms with Gasteiger partial charge in [0.2, 0.25) is 0 Å². The zero-order chi connectivity index (χ0) is 9.76. The highest BCUT2D eigenvalue weighted by Crippen LogP contribution is 2.44. The molecule has 0 saturated heterocycles. The normalized spacial score (nSPS) is 18.7. The maximum Gasteiger partial charge on any atom is 0.145 e. The van der Waals surface area contributed by atoms with Crippen molar-refractivity contribution >= 4 is 22.6 Å². The predicted molar refractivity (Wildman–Crippen MR) is 55.4 cm³/mol. The largest absolute Gasteiger partial charge is 0.327 e. The summed E-state index contributed by atoms with van der Waals surface area (Å²) >= 11 is 5.98. The van der Waals surface area contributed by atoms with Crippen molar-refractivity contribution in [2.75, 3.05) is 0 Å². The monoisotopic (exact) mass is 207 g/mol. The molecule has 1 aliphatic rings. The Morgan fingerprint density at radius 2 is 2.21 bits per heavy atom. The first kappa shape index (κ1) is 8.24. The lowest BCUT2D eigenvalue weighted by molar-refractivity contribution is 0.548. The third-order valence-corrected chi connectivity index (χ3v) is 3.29. The van der Waals surface area contributed by atoms with Gasteiger partial charge in [-0.25, -0.2) is 9.97 Å². The minimum atomic E-state index is 0.263. The first-order chi connectivity index (χ1) is 6.71. The molecule has 1 fully saturated rings. The van der Waals surface area contributed by atoms with Gasteiger partial charge in [-0.15, -0.1) is 0 Å². The Bertz CT molecular complexity index is 499. The second-order valence-electron chi connectivity index (χ2n) is 4.08. The molecule has 0 aliphatic heterocycles. The average molecular weight is 208 g/mol. The summed E-state index contributed by atoms with van der Waals surface area (Å²) in [6.45, 7) is 2.24. The van der Waals surface area contributed by atoms with Crippen molar-refractivity contribution in [3.63, 3.8) is 0 Å². The lowest BCUT2D eigenvalue weighted by atomic mass is 10.3. The number of rotatable bonds is 1. The van der Waals surface area contributed by atoms with E-state index in [9.17, 15) is 0 Å². The Hall–Kier alpha value is -1.09. The Labute approximate surface area is 86.7 Å². The number of halogens is 1. The van der Waals surface area contributed by atoms with Crippen LogP contribution in [0.5, 0.6) is 0 Å². The standard InChI is InChI=1S/C10H10ClN3/c1-10(3-4-10)14-5-2-7-8(11)12-6-13-9(7)14/h2,5-6H,3-4H2,1H3. The van der Waals surface area contributed by atoms with Crippen LogP contribution in [-0.4, -0.2) is 14.5 Å². The molecule has 0 unspecified atom stereocenters. The van der Waals surface area contributed by atoms with Crippen LogP contribution in [0.4, 0.5) is 0 Å². The molecule has 0 amide bonds. The average Bonchev–Trinajstić information content (AvgIpc) is 2.77. The quantitative estimate of drug-likeness (QED) is 0.673. The molecular formula is C10H10ClN3. The Morgan fingerprint density at radius 3 is 2.93 bits per heavy atom. The summed E-state index contributed by atoms with van der Waals surface area (Å²) in [6.07, 6.45) is 6.02. The van der Waals surface area contributed by atoms with Crippen LogP contribution < -0.4 is 0 Å². The smallest absolute Gasteiger partial charge is 0.145 e. The highest BCUT2D eigenvalue weighted by Gasteiger charge is 2.40. The van der Waals surface area contributed by atoms with Crippen LogP contribution in [0.2, 0.25) is 5.15 Å². The summed E-state index contributed by atoms with van der Waals surface area (Å²) in [5.74, 6) is 0. The lowest BCUT2D eigenvalue weighted by Crippen LogP contribution is -2.11. The third-order valence-electron chi connectivity index (χ3n) is 2.99. The van der Waals surface area contributed by atoms with E-state index in [2.05, 4.69) is 27.7 Å². The number of nitrogens with zero attached hydrogens (tertiary/aromatic N) is 3. The zero-order valence-corrected chi connectivity index (χ0v) is 8.62. The Morgan fingerprint density at radius 1 is 1.43 bits per heavy atom. The van der Waals surface area contributed by atoms with Gasteiger partial charge in [0.05, 0.1) is 5.39 Å². The van der Waals surface area contributed by atoms with Crippen LogP contribution in [0, 0.1) is 0 Å². The van der Waals surface area contributed by atoms with E-state index in [1.54, 1.807) is 0 Å². The molecule has 14 heavy (non-hydrogen) atoms. The van der Waals surface area contributed by atoms with Crippen LogP contribution >= 0.6 is 11.6 Å². The summed E-state index contributed by atoms with van der Waals surface area (Å²) in [6, 6.07) is 1.99. The molecule has 3 nitrogen and oxygen atoms in total. The molecule has 0 radical (unpaired) electrons. The molecule has 0 atom stereocenters. The van der Waals surface area contributed by atoms with E-state index in [0.29, 0.717) is 5.15 Å². The number of hydrogen-bond donors (Lipinski definition) is 0. The van der Waals surface area contributed by atoms with E-state index in [0.717, 1.165) is 11.0 Å². The minimum Gasteiger partial charge on any atom is -0.327 e. The molecule has 1 saturated carbocycles. The van der Waals surface area contributed by atoms with Gasteiger partial charge >= 0.3 is 0 Å². The fourth-order valence-electron chi connectivity index (χ4n) is 1.78. The van der Waals surface area contributed by atoms with Crippen molar-refractivity contribution in [2.45, 2.75) is 25.3 Å². The molecule has 2 heterocycles. The van der Waals surface area contributed by atoms with E-state index in [-0.39, 0.29) is 5.54 Å². The molecule has 4 heteroatoms. The summed E-state index contributed by atoms with van der Waals surface area (Å²) < 4.78 is 2.20. The lowest BCUT2D eigenvalue weighted by Gasteiger charge is -2.11. The summed E-state index contributed by atoms with van der Waals surface area (Å²) in [5.41, 5.74) is 1.21. The van der Waals surface area contributed by atoms with Gasteiger partial charge in [-0.05, 0) is 25.8 Å². The summed E-state index contributed by atoms with van der Waals surface area (Å²) in [5, 5.41) is 1.49. The van der Waals surface area contributed by atoms with Gasteiger partial charge in [-0.1, -0.05) is 11.6 Å². The Kier molecular flexibility index (Phi) is 1.46. The topological polar surface area (TPSA) is 30.7 Å². The SMILES string of the molecule is CC1(n2ccc3c(Cl)ncnc32)CC1. The molecule has 72 valence electrons. The zero-order valence-electron chi connectivity index (χ0n) is 7.87. The van der Waals surface area contributed by atoms with Crippen molar-refractivity contribution in [2.24, 2.45) is 0 Å². The van der Waals surface area contributed by atoms with Crippen molar-refractivity contribution in [1.29, 1.82) is 0 Å². The summed E-state index contributed by atoms with van der Waals surface area (Å²) in [7, 11) is 0. The first-order valence-corrected chi connectivity index (χ1v) is 5.07. The van der Waals surface area contributed by atoms with Gasteiger partial charge in [-0.2, -0.15) is 0 Å². The second-order valence-corrected chi connectivity index (χ2v) is 4.44. The van der Waals surface area contributed by atoms with Gasteiger partial charge in [0, 0.05) is 11.7 Å². The maximum atomic E-state index is 5.98. The molecule has 0 bridgehead atoms. The van der Waals surface area contributed by atoms with Crippen molar-refractivity contribution in [3.05, 3.63) is 23.7 Å². The van der Waals surface area contributed by atoms with E-state index >= 15 is 0 Å². The highest BCUT2D eigenvalue weighted by molar-refractivity contribution is 6.33. The summed E-state index contributed by atoms with van der Waals surface area (Å²) in [4.78, 5) is 8.24. The molecular weight excluding hydrogens is 198 g/mol. The van der Waals surface area contributed by atoms with Crippen molar-refractivity contribution < 1.29 is 0 Å². The molecule has 3 rings (SSSR count). The van der Waals surface area contributed by atoms with Crippen molar-refractivity contribution in [3.8, 4) is 0 Å². The number of hydrogen-bond acceptors (Lipinski definition) is 2. The van der Waals surface area contributed by atoms with Crippen LogP contribution in [0.1, 0.15) is 19.8 Å². The van der Waals surface area contributed by atoms with Gasteiger partial charge in [0.15, 0.2) is 0 Å². The van der Waals surface area contributed by atoms with Gasteiger partial charge in [-0.3, -0.25) is 0 Å². The fraction of sp³-hybridized carbons (Fsp3) is 0.400. The van der Waals surface area contributed by atoms with Crippen molar-refractivity contribution in [1.82, 2.24) is 14.5 Å². The fourth-order valence-corrected chi connectivity index (χ4v) is 1.97. The number of aromatic nitrogens is 3. The van der Waals surface area contributed by atoms with Crippen LogP contribution in [0.25, 0.3) is 11.0 Å². The molecule has 1 aliphatic carbocycles. The van der Waals surface area contributed by atoms with Crippen LogP contribution in [0.3, 0.4) is 0 Å². The van der Waals surface area contributed by atoms with E-state index < -0.39 is 0 Å². The third kappa shape index (κ3) is 0.989. The van der Waals surface area contributed by atoms with E-state index in [1.807, 2.05) is 6.07 Å². The highest BCUT2D eigenvalue weighted by atomic mass is 35.5. The molecule has 2 aromatic rings. The minimum absolute atomic E-state index is 0.263. The van der Waals surface area contributed by atoms with Gasteiger partial charge in [0.25, 0.3) is 0 Å². The van der Waals surface area contributed by atoms with Gasteiger partial charge in [0.1, 0.15) is 17.1 Å². The molecule has 0 N–H and O–H groups in total. The van der Waals surface area contributed by atoms with E-state index in [4.69, 9.17) is 11.6 Å². The van der Waals surface area contributed by atoms with Crippen LogP contribution in [-0.2, 0) is 5.54 Å². The molecule has 2 aromatic heterocycles. The molecule has 0 spiro atoms. The van der Waals surface area contributed by atoms with Gasteiger partial charge < -0.3 is 4.57 Å². The number of fused-ring (bicyclic) bond motifs is 1. The molecule has 0 aromatic carbocycles. The maximum absolute atomic E-state index is 5.98. The Balaban J connectivity index is 2.32.